The molecule has 0 fully saturated rings. The summed E-state index contributed by atoms with van der Waals surface area (Å²) < 4.78 is 0. The van der Waals surface area contributed by atoms with E-state index in [0.29, 0.717) is 11.6 Å². The molecule has 0 aromatic heterocycles. The molecule has 0 aliphatic rings. The van der Waals surface area contributed by atoms with E-state index in [1.54, 1.807) is 0 Å². The zero-order valence-electron chi connectivity index (χ0n) is 11.1. The van der Waals surface area contributed by atoms with E-state index >= 15 is 0 Å². The van der Waals surface area contributed by atoms with Crippen LogP contribution in [0.2, 0.25) is 0 Å². The third-order valence-electron chi connectivity index (χ3n) is 2.84. The van der Waals surface area contributed by atoms with Gasteiger partial charge < -0.3 is 20.8 Å². The Balaban J connectivity index is 2.70. The van der Waals surface area contributed by atoms with E-state index in [0.717, 1.165) is 0 Å². The Bertz CT molecular complexity index is 486. The molecule has 104 valence electrons. The molecular formula is C13H18N2O4. The summed E-state index contributed by atoms with van der Waals surface area (Å²) in [5.74, 6) is -1.31. The summed E-state index contributed by atoms with van der Waals surface area (Å²) in [5, 5.41) is 23.5. The first-order valence-corrected chi connectivity index (χ1v) is 5.95. The number of carboxylic acid groups (broad SMARTS) is 1. The molecule has 0 heterocycles. The number of carboxylic acids is 1. The van der Waals surface area contributed by atoms with Gasteiger partial charge >= 0.3 is 12.0 Å². The average molecular weight is 266 g/mol. The zero-order chi connectivity index (χ0) is 14.6. The number of carbonyl (C=O) groups excluding carboxylic acids is 1. The molecule has 1 rings (SSSR count). The average Bonchev–Trinajstić information content (AvgIpc) is 2.27. The number of hydrogen-bond acceptors (Lipinski definition) is 3. The smallest absolute Gasteiger partial charge is 0.339 e. The topological polar surface area (TPSA) is 98.7 Å². The molecule has 0 bridgehead atoms. The van der Waals surface area contributed by atoms with E-state index in [1.807, 2.05) is 20.8 Å². The highest BCUT2D eigenvalue weighted by Gasteiger charge is 2.13. The zero-order valence-corrected chi connectivity index (χ0v) is 11.1. The molecule has 0 aliphatic carbocycles. The van der Waals surface area contributed by atoms with Crippen molar-refractivity contribution in [3.8, 4) is 5.75 Å². The third-order valence-corrected chi connectivity index (χ3v) is 2.84. The molecule has 19 heavy (non-hydrogen) atoms. The minimum atomic E-state index is -1.22. The second-order valence-corrected chi connectivity index (χ2v) is 4.67. The van der Waals surface area contributed by atoms with Crippen molar-refractivity contribution in [1.82, 2.24) is 5.32 Å². The van der Waals surface area contributed by atoms with Crippen molar-refractivity contribution < 1.29 is 19.8 Å². The highest BCUT2D eigenvalue weighted by atomic mass is 16.4. The largest absolute Gasteiger partial charge is 0.507 e. The number of benzene rings is 1. The van der Waals surface area contributed by atoms with Gasteiger partial charge in [0.25, 0.3) is 0 Å². The van der Waals surface area contributed by atoms with Crippen molar-refractivity contribution in [3.63, 3.8) is 0 Å². The Morgan fingerprint density at radius 2 is 1.84 bits per heavy atom. The van der Waals surface area contributed by atoms with E-state index in [1.165, 1.54) is 18.2 Å². The summed E-state index contributed by atoms with van der Waals surface area (Å²) in [5.41, 5.74) is 0.123. The molecule has 6 heteroatoms. The lowest BCUT2D eigenvalue weighted by molar-refractivity contribution is 0.0694. The molecule has 0 radical (unpaired) electrons. The SMILES string of the molecule is CC(C)C(C)NC(=O)Nc1ccc(C(=O)O)c(O)c1. The molecule has 0 spiro atoms. The van der Waals surface area contributed by atoms with Crippen LogP contribution in [0.4, 0.5) is 10.5 Å². The fourth-order valence-corrected chi connectivity index (χ4v) is 1.33. The van der Waals surface area contributed by atoms with Crippen LogP contribution in [-0.4, -0.2) is 28.3 Å². The maximum Gasteiger partial charge on any atom is 0.339 e. The molecule has 1 aromatic rings. The molecule has 0 aliphatic heterocycles. The summed E-state index contributed by atoms with van der Waals surface area (Å²) in [4.78, 5) is 22.4. The highest BCUT2D eigenvalue weighted by Crippen LogP contribution is 2.21. The highest BCUT2D eigenvalue weighted by molar-refractivity contribution is 5.94. The second kappa shape index (κ2) is 6.08. The van der Waals surface area contributed by atoms with Crippen LogP contribution >= 0.6 is 0 Å². The monoisotopic (exact) mass is 266 g/mol. The van der Waals surface area contributed by atoms with E-state index < -0.39 is 12.0 Å². The molecule has 1 atom stereocenters. The number of urea groups is 1. The maximum atomic E-state index is 11.6. The van der Waals surface area contributed by atoms with Gasteiger partial charge in [0.15, 0.2) is 0 Å². The van der Waals surface area contributed by atoms with Crippen molar-refractivity contribution in [2.24, 2.45) is 5.92 Å². The van der Waals surface area contributed by atoms with Crippen LogP contribution < -0.4 is 10.6 Å². The fourth-order valence-electron chi connectivity index (χ4n) is 1.33. The van der Waals surface area contributed by atoms with Crippen LogP contribution in [0.5, 0.6) is 5.75 Å². The normalized spacial score (nSPS) is 12.0. The summed E-state index contributed by atoms with van der Waals surface area (Å²) in [6, 6.07) is 3.46. The lowest BCUT2D eigenvalue weighted by Crippen LogP contribution is -2.38. The van der Waals surface area contributed by atoms with Crippen LogP contribution in [0.1, 0.15) is 31.1 Å². The van der Waals surface area contributed by atoms with Gasteiger partial charge in [0.2, 0.25) is 0 Å². The Morgan fingerprint density at radius 1 is 1.21 bits per heavy atom. The lowest BCUT2D eigenvalue weighted by atomic mass is 10.1. The Kier molecular flexibility index (Phi) is 4.74. The predicted octanol–water partition coefficient (Wildman–Crippen LogP) is 2.26. The molecular weight excluding hydrogens is 248 g/mol. The number of rotatable bonds is 4. The molecule has 0 saturated heterocycles. The molecule has 2 amide bonds. The molecule has 1 unspecified atom stereocenters. The second-order valence-electron chi connectivity index (χ2n) is 4.67. The minimum absolute atomic E-state index is 0.00638. The number of aromatic carboxylic acids is 1. The Hall–Kier alpha value is -2.24. The van der Waals surface area contributed by atoms with Gasteiger partial charge in [-0.05, 0) is 25.0 Å². The van der Waals surface area contributed by atoms with Gasteiger partial charge in [-0.3, -0.25) is 0 Å². The Labute approximate surface area is 111 Å². The van der Waals surface area contributed by atoms with Crippen LogP contribution in [0.25, 0.3) is 0 Å². The molecule has 0 saturated carbocycles. The quantitative estimate of drug-likeness (QED) is 0.671. The van der Waals surface area contributed by atoms with Crippen molar-refractivity contribution >= 4 is 17.7 Å². The van der Waals surface area contributed by atoms with Crippen molar-refractivity contribution in [1.29, 1.82) is 0 Å². The summed E-state index contributed by atoms with van der Waals surface area (Å²) >= 11 is 0. The number of phenols is 1. The number of anilines is 1. The van der Waals surface area contributed by atoms with Crippen LogP contribution in [0.15, 0.2) is 18.2 Å². The third kappa shape index (κ3) is 4.17. The number of hydrogen-bond donors (Lipinski definition) is 4. The number of aromatic hydroxyl groups is 1. The molecule has 1 aromatic carbocycles. The van der Waals surface area contributed by atoms with Crippen LogP contribution in [0.3, 0.4) is 0 Å². The first-order valence-electron chi connectivity index (χ1n) is 5.95. The molecule has 6 nitrogen and oxygen atoms in total. The van der Waals surface area contributed by atoms with Crippen molar-refractivity contribution in [2.75, 3.05) is 5.32 Å². The fraction of sp³-hybridized carbons (Fsp3) is 0.385. The summed E-state index contributed by atoms with van der Waals surface area (Å²) in [7, 11) is 0. The predicted molar refractivity (Wildman–Crippen MR) is 71.5 cm³/mol. The van der Waals surface area contributed by atoms with Gasteiger partial charge in [-0.25, -0.2) is 9.59 Å². The van der Waals surface area contributed by atoms with Gasteiger partial charge in [0, 0.05) is 17.8 Å². The summed E-state index contributed by atoms with van der Waals surface area (Å²) in [6.07, 6.45) is 0. The lowest BCUT2D eigenvalue weighted by Gasteiger charge is -2.17. The standard InChI is InChI=1S/C13H18N2O4/c1-7(2)8(3)14-13(19)15-9-4-5-10(12(17)18)11(16)6-9/h4-8,16H,1-3H3,(H,17,18)(H2,14,15,19). The van der Waals surface area contributed by atoms with E-state index in [9.17, 15) is 14.7 Å². The van der Waals surface area contributed by atoms with Crippen molar-refractivity contribution in [3.05, 3.63) is 23.8 Å². The van der Waals surface area contributed by atoms with Gasteiger partial charge in [-0.2, -0.15) is 0 Å². The van der Waals surface area contributed by atoms with Gasteiger partial charge in [0.1, 0.15) is 11.3 Å². The van der Waals surface area contributed by atoms with E-state index in [-0.39, 0.29) is 17.4 Å². The summed E-state index contributed by atoms with van der Waals surface area (Å²) in [6.45, 7) is 5.85. The number of nitrogens with one attached hydrogen (secondary N) is 2. The number of carbonyl (C=O) groups is 2. The van der Waals surface area contributed by atoms with E-state index in [4.69, 9.17) is 5.11 Å². The Morgan fingerprint density at radius 3 is 2.32 bits per heavy atom. The number of amides is 2. The van der Waals surface area contributed by atoms with Gasteiger partial charge in [-0.1, -0.05) is 13.8 Å². The van der Waals surface area contributed by atoms with Crippen molar-refractivity contribution in [2.45, 2.75) is 26.8 Å². The van der Waals surface area contributed by atoms with Gasteiger partial charge in [0.05, 0.1) is 0 Å². The van der Waals surface area contributed by atoms with Crippen LogP contribution in [-0.2, 0) is 0 Å². The molecule has 4 N–H and O–H groups in total. The van der Waals surface area contributed by atoms with Crippen LogP contribution in [0, 0.1) is 5.92 Å². The minimum Gasteiger partial charge on any atom is -0.507 e. The maximum absolute atomic E-state index is 11.6. The first kappa shape index (κ1) is 14.8. The van der Waals surface area contributed by atoms with Gasteiger partial charge in [-0.15, -0.1) is 0 Å². The van der Waals surface area contributed by atoms with E-state index in [2.05, 4.69) is 10.6 Å². The first-order chi connectivity index (χ1) is 8.81.